The third kappa shape index (κ3) is 7.69. The molecule has 0 spiro atoms. The van der Waals surface area contributed by atoms with E-state index in [-0.39, 0.29) is 19.8 Å². The lowest BCUT2D eigenvalue weighted by atomic mass is 10.2. The molecule has 1 unspecified atom stereocenters. The minimum absolute atomic E-state index is 0.0118. The molecule has 0 radical (unpaired) electrons. The van der Waals surface area contributed by atoms with Gasteiger partial charge in [0.05, 0.1) is 19.2 Å². The fraction of sp³-hybridized carbons (Fsp3) is 0.238. The summed E-state index contributed by atoms with van der Waals surface area (Å²) >= 11 is 0. The Bertz CT molecular complexity index is 899. The van der Waals surface area contributed by atoms with Crippen molar-refractivity contribution >= 4 is 23.9 Å². The molecule has 2 rings (SSSR count). The number of carbonyl (C=O) groups excluding carboxylic acids is 3. The lowest BCUT2D eigenvalue weighted by Gasteiger charge is -2.15. The van der Waals surface area contributed by atoms with Gasteiger partial charge >= 0.3 is 18.0 Å². The van der Waals surface area contributed by atoms with Crippen molar-refractivity contribution in [2.24, 2.45) is 0 Å². The van der Waals surface area contributed by atoms with E-state index in [1.54, 1.807) is 42.5 Å². The molecule has 0 saturated heterocycles. The second-order valence-corrected chi connectivity index (χ2v) is 6.13. The molecule has 10 nitrogen and oxygen atoms in total. The molecule has 2 aromatic rings. The summed E-state index contributed by atoms with van der Waals surface area (Å²) in [5.74, 6) is -2.49. The van der Waals surface area contributed by atoms with Gasteiger partial charge in [0.2, 0.25) is 6.04 Å². The third-order valence-corrected chi connectivity index (χ3v) is 3.93. The molecule has 0 aromatic heterocycles. The van der Waals surface area contributed by atoms with Gasteiger partial charge in [-0.1, -0.05) is 30.3 Å². The van der Waals surface area contributed by atoms with Crippen LogP contribution in [0.3, 0.4) is 0 Å². The lowest BCUT2D eigenvalue weighted by Crippen LogP contribution is -2.52. The Morgan fingerprint density at radius 3 is 2.29 bits per heavy atom. The van der Waals surface area contributed by atoms with Gasteiger partial charge in [-0.2, -0.15) is 0 Å². The minimum atomic E-state index is -1.82. The van der Waals surface area contributed by atoms with Gasteiger partial charge in [0.25, 0.3) is 5.91 Å². The second-order valence-electron chi connectivity index (χ2n) is 6.13. The van der Waals surface area contributed by atoms with Crippen LogP contribution in [0.4, 0.5) is 4.79 Å². The highest BCUT2D eigenvalue weighted by Crippen LogP contribution is 2.12. The number of aliphatic carboxylic acids is 1. The molecule has 0 bridgehead atoms. The fourth-order valence-electron chi connectivity index (χ4n) is 2.37. The first kappa shape index (κ1) is 23.2. The molecule has 0 aliphatic heterocycles. The van der Waals surface area contributed by atoms with E-state index < -0.39 is 30.0 Å². The van der Waals surface area contributed by atoms with Gasteiger partial charge in [-0.15, -0.1) is 0 Å². The summed E-state index contributed by atoms with van der Waals surface area (Å²) in [5.41, 5.74) is 1.07. The van der Waals surface area contributed by atoms with Crippen LogP contribution in [0, 0.1) is 0 Å². The molecule has 31 heavy (non-hydrogen) atoms. The average molecular weight is 430 g/mol. The molecule has 2 aromatic carbocycles. The summed E-state index contributed by atoms with van der Waals surface area (Å²) in [4.78, 5) is 46.6. The van der Waals surface area contributed by atoms with Gasteiger partial charge in [-0.05, 0) is 29.8 Å². The third-order valence-electron chi connectivity index (χ3n) is 3.93. The topological polar surface area (TPSA) is 140 Å². The molecule has 0 aliphatic rings. The summed E-state index contributed by atoms with van der Waals surface area (Å²) in [7, 11) is 1.28. The number of nitrogens with one attached hydrogen (secondary N) is 2. The predicted molar refractivity (Wildman–Crippen MR) is 107 cm³/mol. The summed E-state index contributed by atoms with van der Waals surface area (Å²) in [5, 5.41) is 13.6. The number of ether oxygens (including phenoxy) is 3. The van der Waals surface area contributed by atoms with E-state index >= 15 is 0 Å². The maximum Gasteiger partial charge on any atom is 0.408 e. The molecule has 2 amide bonds. The van der Waals surface area contributed by atoms with Crippen LogP contribution in [0.1, 0.15) is 15.9 Å². The van der Waals surface area contributed by atoms with Crippen molar-refractivity contribution in [3.05, 3.63) is 65.7 Å². The number of hydrogen-bond donors (Lipinski definition) is 3. The number of alkyl carbamates (subject to hydrolysis) is 1. The quantitative estimate of drug-likeness (QED) is 0.291. The highest BCUT2D eigenvalue weighted by molar-refractivity contribution is 6.03. The molecular formula is C21H22N2O8. The van der Waals surface area contributed by atoms with Crippen molar-refractivity contribution in [1.29, 1.82) is 0 Å². The number of methoxy groups -OCH3 is 1. The van der Waals surface area contributed by atoms with Crippen LogP contribution in [0.25, 0.3) is 0 Å². The van der Waals surface area contributed by atoms with Crippen LogP contribution in [0.15, 0.2) is 54.6 Å². The van der Waals surface area contributed by atoms with Crippen LogP contribution >= 0.6 is 0 Å². The zero-order valence-corrected chi connectivity index (χ0v) is 16.7. The zero-order valence-electron chi connectivity index (χ0n) is 16.7. The minimum Gasteiger partial charge on any atom is -0.492 e. The SMILES string of the molecule is COC(=O)c1ccc(OCCNC(=O)C(NC(=O)OCc2ccccc2)C(=O)O)cc1. The molecule has 10 heteroatoms. The predicted octanol–water partition coefficient (Wildman–Crippen LogP) is 1.35. The Morgan fingerprint density at radius 2 is 1.68 bits per heavy atom. The van der Waals surface area contributed by atoms with Crippen molar-refractivity contribution in [1.82, 2.24) is 10.6 Å². The van der Waals surface area contributed by atoms with Crippen molar-refractivity contribution in [3.63, 3.8) is 0 Å². The van der Waals surface area contributed by atoms with E-state index in [0.29, 0.717) is 16.9 Å². The van der Waals surface area contributed by atoms with Crippen molar-refractivity contribution in [3.8, 4) is 5.75 Å². The summed E-state index contributed by atoms with van der Waals surface area (Å²) in [6.45, 7) is -0.0422. The molecule has 0 fully saturated rings. The highest BCUT2D eigenvalue weighted by Gasteiger charge is 2.28. The fourth-order valence-corrected chi connectivity index (χ4v) is 2.37. The van der Waals surface area contributed by atoms with Crippen LogP contribution < -0.4 is 15.4 Å². The molecule has 0 heterocycles. The van der Waals surface area contributed by atoms with E-state index in [1.165, 1.54) is 19.2 Å². The number of carboxylic acids is 1. The summed E-state index contributed by atoms with van der Waals surface area (Å²) < 4.78 is 14.9. The number of rotatable bonds is 10. The number of hydrogen-bond acceptors (Lipinski definition) is 7. The van der Waals surface area contributed by atoms with Crippen molar-refractivity contribution < 1.29 is 38.5 Å². The standard InChI is InChI=1S/C21H22N2O8/c1-29-20(27)15-7-9-16(10-8-15)30-12-11-22-18(24)17(19(25)26)23-21(28)31-13-14-5-3-2-4-6-14/h2-10,17H,11-13H2,1H3,(H,22,24)(H,23,28)(H,25,26). The number of amides is 2. The first-order chi connectivity index (χ1) is 14.9. The first-order valence-electron chi connectivity index (χ1n) is 9.19. The normalized spacial score (nSPS) is 11.0. The molecule has 164 valence electrons. The highest BCUT2D eigenvalue weighted by atomic mass is 16.5. The zero-order chi connectivity index (χ0) is 22.6. The van der Waals surface area contributed by atoms with Gasteiger partial charge in [-0.25, -0.2) is 14.4 Å². The van der Waals surface area contributed by atoms with Crippen LogP contribution in [0.5, 0.6) is 5.75 Å². The van der Waals surface area contributed by atoms with Gasteiger partial charge in [0, 0.05) is 0 Å². The first-order valence-corrected chi connectivity index (χ1v) is 9.19. The van der Waals surface area contributed by atoms with Crippen LogP contribution in [-0.2, 0) is 25.7 Å². The van der Waals surface area contributed by atoms with E-state index in [1.807, 2.05) is 5.32 Å². The Hall–Kier alpha value is -4.08. The Balaban J connectivity index is 1.75. The second kappa shape index (κ2) is 11.8. The van der Waals surface area contributed by atoms with Gasteiger partial charge in [0.1, 0.15) is 19.0 Å². The van der Waals surface area contributed by atoms with Crippen molar-refractivity contribution in [2.75, 3.05) is 20.3 Å². The smallest absolute Gasteiger partial charge is 0.408 e. The number of benzene rings is 2. The molecule has 0 saturated carbocycles. The Kier molecular flexibility index (Phi) is 8.84. The molecule has 0 aliphatic carbocycles. The number of carbonyl (C=O) groups is 4. The number of carboxylic acid groups (broad SMARTS) is 1. The van der Waals surface area contributed by atoms with Crippen LogP contribution in [-0.4, -0.2) is 55.3 Å². The summed E-state index contributed by atoms with van der Waals surface area (Å²) in [6.07, 6.45) is -1.03. The van der Waals surface area contributed by atoms with Gasteiger partial charge in [0.15, 0.2) is 0 Å². The maximum absolute atomic E-state index is 12.1. The molecular weight excluding hydrogens is 408 g/mol. The maximum atomic E-state index is 12.1. The largest absolute Gasteiger partial charge is 0.492 e. The van der Waals surface area contributed by atoms with Gasteiger partial charge < -0.3 is 24.6 Å². The Morgan fingerprint density at radius 1 is 1.00 bits per heavy atom. The monoisotopic (exact) mass is 430 g/mol. The average Bonchev–Trinajstić information content (AvgIpc) is 2.79. The summed E-state index contributed by atoms with van der Waals surface area (Å²) in [6, 6.07) is 13.1. The van der Waals surface area contributed by atoms with E-state index in [0.717, 1.165) is 0 Å². The van der Waals surface area contributed by atoms with Crippen molar-refractivity contribution in [2.45, 2.75) is 12.6 Å². The van der Waals surface area contributed by atoms with E-state index in [4.69, 9.17) is 9.47 Å². The van der Waals surface area contributed by atoms with Crippen LogP contribution in [0.2, 0.25) is 0 Å². The number of esters is 1. The Labute approximate surface area is 178 Å². The molecule has 3 N–H and O–H groups in total. The van der Waals surface area contributed by atoms with E-state index in [9.17, 15) is 24.3 Å². The van der Waals surface area contributed by atoms with Gasteiger partial charge in [-0.3, -0.25) is 10.1 Å². The van der Waals surface area contributed by atoms with E-state index in [2.05, 4.69) is 10.1 Å². The lowest BCUT2D eigenvalue weighted by molar-refractivity contribution is -0.143. The molecule has 1 atom stereocenters.